The number of nitrogens with one attached hydrogen (secondary N) is 1. The maximum absolute atomic E-state index is 6.25. The summed E-state index contributed by atoms with van der Waals surface area (Å²) in [6, 6.07) is 12.0. The standard InChI is InChI=1S/C23H31BrN10.ClH/c24-19-5-6-20(18-4-2-1-3-17(18)19)29-21-30-22(33-9-13(25)7-14(26)10-33)32-23(31-21)34-11-15(27)8-16(28)12-34;/h1-6,13-16H,7-12,25-28H2,(H,29,30,31,32);1H/t13-,14-,15-,16+;/m0./s1. The largest absolute Gasteiger partial charge is 0.338 e. The van der Waals surface area contributed by atoms with Gasteiger partial charge in [-0.2, -0.15) is 15.0 Å². The van der Waals surface area contributed by atoms with Crippen molar-refractivity contribution in [3.8, 4) is 0 Å². The summed E-state index contributed by atoms with van der Waals surface area (Å²) >= 11 is 3.64. The van der Waals surface area contributed by atoms with Gasteiger partial charge in [0.2, 0.25) is 17.8 Å². The first kappa shape index (κ1) is 25.8. The van der Waals surface area contributed by atoms with Gasteiger partial charge in [0.15, 0.2) is 0 Å². The monoisotopic (exact) mass is 562 g/mol. The number of halogens is 2. The smallest absolute Gasteiger partial charge is 0.233 e. The number of nitrogens with two attached hydrogens (primary N) is 4. The van der Waals surface area contributed by atoms with Crippen molar-refractivity contribution in [2.24, 2.45) is 22.9 Å². The summed E-state index contributed by atoms with van der Waals surface area (Å²) < 4.78 is 1.03. The third-order valence-electron chi connectivity index (χ3n) is 6.33. The van der Waals surface area contributed by atoms with Crippen LogP contribution in [-0.2, 0) is 0 Å². The van der Waals surface area contributed by atoms with Crippen LogP contribution in [0.25, 0.3) is 10.8 Å². The van der Waals surface area contributed by atoms with Crippen molar-refractivity contribution in [2.45, 2.75) is 37.0 Å². The Balaban J connectivity index is 0.00000289. The highest BCUT2D eigenvalue weighted by molar-refractivity contribution is 9.10. The number of hydrogen-bond acceptors (Lipinski definition) is 10. The van der Waals surface area contributed by atoms with E-state index < -0.39 is 0 Å². The molecule has 2 aromatic carbocycles. The molecule has 5 rings (SSSR count). The lowest BCUT2D eigenvalue weighted by atomic mass is 10.0. The van der Waals surface area contributed by atoms with Crippen LogP contribution in [0, 0.1) is 0 Å². The van der Waals surface area contributed by atoms with E-state index in [-0.39, 0.29) is 36.6 Å². The summed E-state index contributed by atoms with van der Waals surface area (Å²) in [5.41, 5.74) is 25.9. The molecule has 3 aromatic rings. The number of anilines is 4. The molecular weight excluding hydrogens is 532 g/mol. The highest BCUT2D eigenvalue weighted by atomic mass is 79.9. The lowest BCUT2D eigenvalue weighted by Crippen LogP contribution is -2.54. The van der Waals surface area contributed by atoms with Gasteiger partial charge in [-0.25, -0.2) is 0 Å². The van der Waals surface area contributed by atoms with Gasteiger partial charge in [-0.1, -0.05) is 40.2 Å². The van der Waals surface area contributed by atoms with Crippen molar-refractivity contribution in [3.63, 3.8) is 0 Å². The normalized spacial score (nSPS) is 24.8. The van der Waals surface area contributed by atoms with Crippen molar-refractivity contribution < 1.29 is 0 Å². The van der Waals surface area contributed by atoms with E-state index >= 15 is 0 Å². The van der Waals surface area contributed by atoms with Crippen molar-refractivity contribution in [1.29, 1.82) is 0 Å². The van der Waals surface area contributed by atoms with Crippen LogP contribution >= 0.6 is 28.3 Å². The lowest BCUT2D eigenvalue weighted by Gasteiger charge is -2.37. The first-order chi connectivity index (χ1) is 16.4. The van der Waals surface area contributed by atoms with Crippen molar-refractivity contribution in [3.05, 3.63) is 40.9 Å². The molecule has 9 N–H and O–H groups in total. The van der Waals surface area contributed by atoms with Crippen LogP contribution in [0.5, 0.6) is 0 Å². The molecule has 2 fully saturated rings. The molecule has 12 heteroatoms. The Morgan fingerprint density at radius 1 is 0.714 bits per heavy atom. The molecule has 0 radical (unpaired) electrons. The molecule has 188 valence electrons. The minimum Gasteiger partial charge on any atom is -0.338 e. The Morgan fingerprint density at radius 3 is 1.71 bits per heavy atom. The molecule has 2 saturated heterocycles. The summed E-state index contributed by atoms with van der Waals surface area (Å²) in [7, 11) is 0. The highest BCUT2D eigenvalue weighted by Crippen LogP contribution is 2.32. The van der Waals surface area contributed by atoms with Gasteiger partial charge in [0.05, 0.1) is 0 Å². The van der Waals surface area contributed by atoms with E-state index in [1.807, 2.05) is 34.1 Å². The Morgan fingerprint density at radius 2 is 1.20 bits per heavy atom. The molecule has 2 aliphatic rings. The quantitative estimate of drug-likeness (QED) is 0.316. The molecule has 0 amide bonds. The Hall–Kier alpha value is -2.28. The predicted octanol–water partition coefficient (Wildman–Crippen LogP) is 1.68. The van der Waals surface area contributed by atoms with Crippen LogP contribution in [0.4, 0.5) is 23.5 Å². The van der Waals surface area contributed by atoms with E-state index in [1.165, 1.54) is 0 Å². The van der Waals surface area contributed by atoms with Gasteiger partial charge in [0.1, 0.15) is 0 Å². The van der Waals surface area contributed by atoms with E-state index in [4.69, 9.17) is 37.9 Å². The molecule has 3 heterocycles. The lowest BCUT2D eigenvalue weighted by molar-refractivity contribution is 0.441. The van der Waals surface area contributed by atoms with E-state index in [0.29, 0.717) is 44.0 Å². The number of hydrogen-bond donors (Lipinski definition) is 5. The highest BCUT2D eigenvalue weighted by Gasteiger charge is 2.28. The summed E-state index contributed by atoms with van der Waals surface area (Å²) in [6.07, 6.45) is 1.56. The molecule has 0 bridgehead atoms. The van der Waals surface area contributed by atoms with Gasteiger partial charge in [-0.3, -0.25) is 0 Å². The average molecular weight is 564 g/mol. The second-order valence-electron chi connectivity index (χ2n) is 9.35. The van der Waals surface area contributed by atoms with Gasteiger partial charge in [0, 0.05) is 65.9 Å². The van der Waals surface area contributed by atoms with E-state index in [0.717, 1.165) is 33.8 Å². The average Bonchev–Trinajstić information content (AvgIpc) is 2.80. The topological polar surface area (TPSA) is 161 Å². The Kier molecular flexibility index (Phi) is 7.94. The van der Waals surface area contributed by atoms with Crippen molar-refractivity contribution in [2.75, 3.05) is 41.3 Å². The van der Waals surface area contributed by atoms with E-state index in [1.54, 1.807) is 0 Å². The molecule has 4 atom stereocenters. The van der Waals surface area contributed by atoms with Crippen LogP contribution in [-0.4, -0.2) is 65.3 Å². The third-order valence-corrected chi connectivity index (χ3v) is 7.02. The van der Waals surface area contributed by atoms with E-state index in [2.05, 4.69) is 33.4 Å². The zero-order chi connectivity index (χ0) is 23.8. The second kappa shape index (κ2) is 10.8. The Labute approximate surface area is 219 Å². The van der Waals surface area contributed by atoms with E-state index in [9.17, 15) is 0 Å². The van der Waals surface area contributed by atoms with Crippen LogP contribution in [0.15, 0.2) is 40.9 Å². The molecule has 2 aliphatic heterocycles. The predicted molar refractivity (Wildman–Crippen MR) is 148 cm³/mol. The SMILES string of the molecule is Cl.N[C@@H]1C[C@H](N)CN(c2nc(Nc3ccc(Br)c4ccccc34)nc(N3C[C@@H](N)C[C@H](N)C3)n2)C1. The number of nitrogens with zero attached hydrogens (tertiary/aromatic N) is 5. The molecule has 0 spiro atoms. The molecule has 0 aliphatic carbocycles. The van der Waals surface area contributed by atoms with Gasteiger partial charge in [-0.05, 0) is 30.4 Å². The number of aromatic nitrogens is 3. The van der Waals surface area contributed by atoms with Gasteiger partial charge >= 0.3 is 0 Å². The van der Waals surface area contributed by atoms with Crippen molar-refractivity contribution in [1.82, 2.24) is 15.0 Å². The molecule has 1 aromatic heterocycles. The number of rotatable bonds is 4. The molecule has 10 nitrogen and oxygen atoms in total. The fourth-order valence-electron chi connectivity index (χ4n) is 4.87. The molecular formula is C23H32BrClN10. The van der Waals surface area contributed by atoms with Gasteiger partial charge in [-0.15, -0.1) is 12.4 Å². The van der Waals surface area contributed by atoms with Crippen LogP contribution in [0.2, 0.25) is 0 Å². The minimum atomic E-state index is -0.0346. The summed E-state index contributed by atoms with van der Waals surface area (Å²) in [6.45, 7) is 2.54. The summed E-state index contributed by atoms with van der Waals surface area (Å²) in [4.78, 5) is 18.4. The number of benzene rings is 2. The Bertz CT molecular complexity index is 1120. The number of fused-ring (bicyclic) bond motifs is 1. The fourth-order valence-corrected chi connectivity index (χ4v) is 5.35. The van der Waals surface area contributed by atoms with Crippen LogP contribution < -0.4 is 38.1 Å². The third kappa shape index (κ3) is 5.76. The first-order valence-electron chi connectivity index (χ1n) is 11.6. The zero-order valence-corrected chi connectivity index (χ0v) is 21.8. The van der Waals surface area contributed by atoms with Crippen LogP contribution in [0.3, 0.4) is 0 Å². The maximum atomic E-state index is 6.25. The molecule has 0 unspecified atom stereocenters. The minimum absolute atomic E-state index is 0. The first-order valence-corrected chi connectivity index (χ1v) is 12.4. The molecule has 0 saturated carbocycles. The van der Waals surface area contributed by atoms with Gasteiger partial charge in [0.25, 0.3) is 0 Å². The van der Waals surface area contributed by atoms with Crippen LogP contribution in [0.1, 0.15) is 12.8 Å². The van der Waals surface area contributed by atoms with Crippen molar-refractivity contribution >= 4 is 62.6 Å². The second-order valence-corrected chi connectivity index (χ2v) is 10.2. The fraction of sp³-hybridized carbons (Fsp3) is 0.435. The number of piperidine rings is 2. The summed E-state index contributed by atoms with van der Waals surface area (Å²) in [5.74, 6) is 1.55. The molecule has 35 heavy (non-hydrogen) atoms. The zero-order valence-electron chi connectivity index (χ0n) is 19.3. The maximum Gasteiger partial charge on any atom is 0.233 e. The van der Waals surface area contributed by atoms with Gasteiger partial charge < -0.3 is 38.1 Å². The summed E-state index contributed by atoms with van der Waals surface area (Å²) in [5, 5.41) is 5.58.